The van der Waals surface area contributed by atoms with Crippen LogP contribution in [-0.2, 0) is 0 Å². The molecule has 0 bridgehead atoms. The second kappa shape index (κ2) is 12.5. The number of hydrogen-bond acceptors (Lipinski definition) is 5. The van der Waals surface area contributed by atoms with Gasteiger partial charge in [0.2, 0.25) is 0 Å². The summed E-state index contributed by atoms with van der Waals surface area (Å²) in [6.45, 7) is 4.13. The quantitative estimate of drug-likeness (QED) is 0.278. The third-order valence-corrected chi connectivity index (χ3v) is 8.51. The van der Waals surface area contributed by atoms with E-state index >= 15 is 0 Å². The number of piperidine rings is 2. The second-order valence-corrected chi connectivity index (χ2v) is 11.3. The maximum Gasteiger partial charge on any atom is 0.274 e. The fourth-order valence-corrected chi connectivity index (χ4v) is 6.09. The fraction of sp³-hybridized carbons (Fsp3) is 0.355. The van der Waals surface area contributed by atoms with Gasteiger partial charge in [-0.1, -0.05) is 29.8 Å². The van der Waals surface area contributed by atoms with E-state index in [0.717, 1.165) is 38.8 Å². The first-order chi connectivity index (χ1) is 20.1. The zero-order chi connectivity index (χ0) is 30.0. The molecule has 3 aromatic rings. The van der Waals surface area contributed by atoms with Crippen molar-refractivity contribution in [3.8, 4) is 11.1 Å². The summed E-state index contributed by atoms with van der Waals surface area (Å²) < 4.78 is 28.1. The fourth-order valence-electron chi connectivity index (χ4n) is 5.88. The van der Waals surface area contributed by atoms with Gasteiger partial charge in [-0.25, -0.2) is 8.78 Å². The Hall–Kier alpha value is -3.89. The first-order valence-electron chi connectivity index (χ1n) is 13.9. The molecule has 3 aromatic carbocycles. The lowest BCUT2D eigenvalue weighted by Crippen LogP contribution is -2.51. The lowest BCUT2D eigenvalue weighted by molar-refractivity contribution is -0.385. The number of carbonyl (C=O) groups excluding carboxylic acids is 2. The highest BCUT2D eigenvalue weighted by atomic mass is 35.5. The topological polar surface area (TPSA) is 95.8 Å². The summed E-state index contributed by atoms with van der Waals surface area (Å²) >= 11 is 6.02. The summed E-state index contributed by atoms with van der Waals surface area (Å²) in [7, 11) is 0. The van der Waals surface area contributed by atoms with Crippen LogP contribution in [0.2, 0.25) is 5.02 Å². The van der Waals surface area contributed by atoms with Crippen molar-refractivity contribution >= 4 is 29.1 Å². The zero-order valence-corrected chi connectivity index (χ0v) is 23.9. The van der Waals surface area contributed by atoms with Gasteiger partial charge in [0.1, 0.15) is 11.6 Å². The summed E-state index contributed by atoms with van der Waals surface area (Å²) in [5, 5.41) is 14.4. The van der Waals surface area contributed by atoms with Crippen molar-refractivity contribution in [2.24, 2.45) is 0 Å². The minimum Gasteiger partial charge on any atom is -0.349 e. The van der Waals surface area contributed by atoms with E-state index in [1.807, 2.05) is 0 Å². The molecule has 0 unspecified atom stereocenters. The third-order valence-electron chi connectivity index (χ3n) is 8.30. The standard InChI is InChI=1S/C31H31ClF2N4O4/c1-19-27(17-22(32)18-29(19)38(41)42)30(39)35-24-8-12-36(13-9-24)25-10-14-37(15-11-25)31(40)26-7-4-21(16-28(26)34)20-2-5-23(33)6-3-20/h2-7,16-18,24-25H,8-15H2,1H3,(H,35,39). The van der Waals surface area contributed by atoms with Gasteiger partial charge in [0.05, 0.1) is 16.1 Å². The van der Waals surface area contributed by atoms with E-state index in [4.69, 9.17) is 11.6 Å². The largest absolute Gasteiger partial charge is 0.349 e. The molecule has 11 heteroatoms. The van der Waals surface area contributed by atoms with Crippen molar-refractivity contribution < 1.29 is 23.3 Å². The van der Waals surface area contributed by atoms with Crippen molar-refractivity contribution in [3.63, 3.8) is 0 Å². The highest BCUT2D eigenvalue weighted by molar-refractivity contribution is 6.31. The van der Waals surface area contributed by atoms with Crippen LogP contribution in [0.1, 0.15) is 52.0 Å². The van der Waals surface area contributed by atoms with Crippen LogP contribution in [0.5, 0.6) is 0 Å². The number of nitrogens with one attached hydrogen (secondary N) is 1. The SMILES string of the molecule is Cc1c(C(=O)NC2CCN(C3CCN(C(=O)c4ccc(-c5ccc(F)cc5)cc4F)CC3)CC2)cc(Cl)cc1[N+](=O)[O-]. The molecule has 0 aliphatic carbocycles. The molecule has 0 saturated carbocycles. The minimum absolute atomic E-state index is 0.0242. The molecule has 2 amide bonds. The molecule has 42 heavy (non-hydrogen) atoms. The molecule has 2 aliphatic rings. The molecule has 1 N–H and O–H groups in total. The van der Waals surface area contributed by atoms with Gasteiger partial charge in [-0.05, 0) is 74.1 Å². The zero-order valence-electron chi connectivity index (χ0n) is 23.1. The summed E-state index contributed by atoms with van der Waals surface area (Å²) in [6, 6.07) is 13.2. The van der Waals surface area contributed by atoms with Crippen LogP contribution in [0.4, 0.5) is 14.5 Å². The predicted molar refractivity (Wildman–Crippen MR) is 156 cm³/mol. The number of nitro benzene ring substituents is 1. The van der Waals surface area contributed by atoms with Crippen LogP contribution < -0.4 is 5.32 Å². The first kappa shape index (κ1) is 29.6. The maximum atomic E-state index is 14.9. The highest BCUT2D eigenvalue weighted by Gasteiger charge is 2.31. The number of halogens is 3. The molecule has 2 heterocycles. The number of rotatable bonds is 6. The normalized spacial score (nSPS) is 16.8. The molecule has 0 spiro atoms. The highest BCUT2D eigenvalue weighted by Crippen LogP contribution is 2.28. The Bertz CT molecular complexity index is 1500. The van der Waals surface area contributed by atoms with Gasteiger partial charge in [-0.2, -0.15) is 0 Å². The van der Waals surface area contributed by atoms with Crippen molar-refractivity contribution in [1.29, 1.82) is 0 Å². The van der Waals surface area contributed by atoms with Crippen molar-refractivity contribution in [1.82, 2.24) is 15.1 Å². The Kier molecular flexibility index (Phi) is 8.84. The van der Waals surface area contributed by atoms with E-state index in [1.54, 1.807) is 30.0 Å². The average Bonchev–Trinajstić information content (AvgIpc) is 2.98. The van der Waals surface area contributed by atoms with Crippen LogP contribution in [-0.4, -0.2) is 64.8 Å². The minimum atomic E-state index is -0.601. The molecular weight excluding hydrogens is 566 g/mol. The van der Waals surface area contributed by atoms with Gasteiger partial charge in [0.25, 0.3) is 17.5 Å². The second-order valence-electron chi connectivity index (χ2n) is 10.9. The van der Waals surface area contributed by atoms with Crippen LogP contribution in [0.25, 0.3) is 11.1 Å². The number of likely N-dealkylation sites (tertiary alicyclic amines) is 2. The number of nitrogens with zero attached hydrogens (tertiary/aromatic N) is 3. The molecule has 2 fully saturated rings. The lowest BCUT2D eigenvalue weighted by Gasteiger charge is -2.42. The number of nitro groups is 1. The Morgan fingerprint density at radius 1 is 0.905 bits per heavy atom. The molecule has 0 atom stereocenters. The average molecular weight is 597 g/mol. The van der Waals surface area contributed by atoms with Crippen LogP contribution in [0, 0.1) is 28.7 Å². The Morgan fingerprint density at radius 3 is 2.17 bits per heavy atom. The van der Waals surface area contributed by atoms with Gasteiger partial charge in [-0.3, -0.25) is 19.7 Å². The Labute approximate surface area is 247 Å². The molecule has 2 saturated heterocycles. The molecule has 0 aromatic heterocycles. The van der Waals surface area contributed by atoms with E-state index in [2.05, 4.69) is 10.2 Å². The molecule has 220 valence electrons. The number of hydrogen-bond donors (Lipinski definition) is 1. The van der Waals surface area contributed by atoms with Gasteiger partial charge in [0, 0.05) is 54.9 Å². The molecule has 8 nitrogen and oxygen atoms in total. The Morgan fingerprint density at radius 2 is 1.55 bits per heavy atom. The summed E-state index contributed by atoms with van der Waals surface area (Å²) in [6.07, 6.45) is 3.00. The van der Waals surface area contributed by atoms with Crippen molar-refractivity contribution in [3.05, 3.63) is 98.1 Å². The number of amides is 2. The van der Waals surface area contributed by atoms with E-state index in [0.29, 0.717) is 24.2 Å². The monoisotopic (exact) mass is 596 g/mol. The summed E-state index contributed by atoms with van der Waals surface area (Å²) in [4.78, 5) is 40.8. The Balaban J connectivity index is 1.12. The third kappa shape index (κ3) is 6.44. The maximum absolute atomic E-state index is 14.9. The van der Waals surface area contributed by atoms with Gasteiger partial charge in [-0.15, -0.1) is 0 Å². The van der Waals surface area contributed by atoms with Crippen molar-refractivity contribution in [2.45, 2.75) is 44.7 Å². The van der Waals surface area contributed by atoms with Crippen LogP contribution in [0.3, 0.4) is 0 Å². The van der Waals surface area contributed by atoms with E-state index < -0.39 is 10.7 Å². The summed E-state index contributed by atoms with van der Waals surface area (Å²) in [5.41, 5.74) is 1.57. The molecule has 2 aliphatic heterocycles. The lowest BCUT2D eigenvalue weighted by atomic mass is 9.96. The van der Waals surface area contributed by atoms with E-state index in [1.165, 1.54) is 36.4 Å². The molecule has 0 radical (unpaired) electrons. The van der Waals surface area contributed by atoms with E-state index in [9.17, 15) is 28.5 Å². The molecule has 5 rings (SSSR count). The summed E-state index contributed by atoms with van der Waals surface area (Å²) in [5.74, 6) is -1.68. The number of carbonyl (C=O) groups is 2. The smallest absolute Gasteiger partial charge is 0.274 e. The van der Waals surface area contributed by atoms with Gasteiger partial charge in [0.15, 0.2) is 0 Å². The van der Waals surface area contributed by atoms with Crippen LogP contribution >= 0.6 is 11.6 Å². The number of benzene rings is 3. The van der Waals surface area contributed by atoms with Crippen LogP contribution in [0.15, 0.2) is 54.6 Å². The van der Waals surface area contributed by atoms with Crippen molar-refractivity contribution in [2.75, 3.05) is 26.2 Å². The van der Waals surface area contributed by atoms with E-state index in [-0.39, 0.29) is 57.1 Å². The predicted octanol–water partition coefficient (Wildman–Crippen LogP) is 6.00. The van der Waals surface area contributed by atoms with Gasteiger partial charge < -0.3 is 15.1 Å². The molecular formula is C31H31ClF2N4O4. The van der Waals surface area contributed by atoms with Gasteiger partial charge >= 0.3 is 0 Å². The first-order valence-corrected chi connectivity index (χ1v) is 14.3.